The SMILES string of the molecule is COC1([C@@H](N)CC(=O)O)C(F)=C(C(F)(F)F)C=C(c2ccccc2C)C1(C)F. The summed E-state index contributed by atoms with van der Waals surface area (Å²) in [6.07, 6.45) is -5.80. The smallest absolute Gasteiger partial charge is 0.419 e. The molecule has 0 aliphatic heterocycles. The summed E-state index contributed by atoms with van der Waals surface area (Å²) in [6, 6.07) is 4.11. The maximum atomic E-state index is 16.1. The van der Waals surface area contributed by atoms with Crippen LogP contribution in [0.15, 0.2) is 41.7 Å². The topological polar surface area (TPSA) is 72.5 Å². The normalized spacial score (nSPS) is 26.8. The molecule has 2 rings (SSSR count). The predicted molar refractivity (Wildman–Crippen MR) is 92.8 cm³/mol. The van der Waals surface area contributed by atoms with Crippen molar-refractivity contribution in [2.75, 3.05) is 7.11 Å². The summed E-state index contributed by atoms with van der Waals surface area (Å²) in [5, 5.41) is 9.00. The molecule has 1 aliphatic carbocycles. The van der Waals surface area contributed by atoms with Crippen LogP contribution in [0, 0.1) is 6.92 Å². The fourth-order valence-electron chi connectivity index (χ4n) is 3.64. The van der Waals surface area contributed by atoms with Crippen LogP contribution in [0.5, 0.6) is 0 Å². The summed E-state index contributed by atoms with van der Waals surface area (Å²) >= 11 is 0. The zero-order valence-corrected chi connectivity index (χ0v) is 15.4. The zero-order valence-electron chi connectivity index (χ0n) is 15.4. The quantitative estimate of drug-likeness (QED) is 0.724. The number of benzene rings is 1. The third-order valence-corrected chi connectivity index (χ3v) is 5.03. The highest BCUT2D eigenvalue weighted by atomic mass is 19.4. The van der Waals surface area contributed by atoms with Crippen molar-refractivity contribution in [3.05, 3.63) is 52.9 Å². The van der Waals surface area contributed by atoms with E-state index in [9.17, 15) is 18.0 Å². The van der Waals surface area contributed by atoms with Gasteiger partial charge in [0.1, 0.15) is 5.83 Å². The summed E-state index contributed by atoms with van der Waals surface area (Å²) in [6.45, 7) is 2.39. The van der Waals surface area contributed by atoms with Gasteiger partial charge in [0, 0.05) is 12.7 Å². The Bertz CT molecular complexity index is 844. The number of aryl methyl sites for hydroxylation is 1. The van der Waals surface area contributed by atoms with Crippen LogP contribution >= 0.6 is 0 Å². The molecule has 0 bridgehead atoms. The van der Waals surface area contributed by atoms with E-state index in [1.807, 2.05) is 0 Å². The van der Waals surface area contributed by atoms with Gasteiger partial charge in [0.05, 0.1) is 18.0 Å². The summed E-state index contributed by atoms with van der Waals surface area (Å²) < 4.78 is 76.9. The van der Waals surface area contributed by atoms with Gasteiger partial charge in [-0.15, -0.1) is 0 Å². The van der Waals surface area contributed by atoms with Crippen LogP contribution in [0.4, 0.5) is 22.0 Å². The number of carboxylic acid groups (broad SMARTS) is 1. The molecule has 0 aromatic heterocycles. The van der Waals surface area contributed by atoms with E-state index in [-0.39, 0.29) is 5.56 Å². The number of nitrogens with two attached hydrogens (primary N) is 1. The molecule has 0 saturated heterocycles. The number of hydrogen-bond acceptors (Lipinski definition) is 3. The molecule has 0 spiro atoms. The van der Waals surface area contributed by atoms with E-state index in [1.54, 1.807) is 19.1 Å². The van der Waals surface area contributed by atoms with Crippen molar-refractivity contribution in [2.24, 2.45) is 5.73 Å². The Balaban J connectivity index is 2.89. The number of rotatable bonds is 5. The maximum absolute atomic E-state index is 16.1. The van der Waals surface area contributed by atoms with Crippen LogP contribution in [0.1, 0.15) is 24.5 Å². The summed E-state index contributed by atoms with van der Waals surface area (Å²) in [5.41, 5.74) is -1.87. The van der Waals surface area contributed by atoms with E-state index in [2.05, 4.69) is 0 Å². The Morgan fingerprint density at radius 1 is 1.32 bits per heavy atom. The van der Waals surface area contributed by atoms with Crippen molar-refractivity contribution in [3.8, 4) is 0 Å². The molecule has 9 heteroatoms. The molecular formula is C19H20F5NO3. The van der Waals surface area contributed by atoms with Gasteiger partial charge in [0.15, 0.2) is 11.3 Å². The molecule has 1 aromatic rings. The largest absolute Gasteiger partial charge is 0.481 e. The number of ether oxygens (including phenoxy) is 1. The highest BCUT2D eigenvalue weighted by Crippen LogP contribution is 2.54. The monoisotopic (exact) mass is 405 g/mol. The van der Waals surface area contributed by atoms with Crippen molar-refractivity contribution in [1.82, 2.24) is 0 Å². The summed E-state index contributed by atoms with van der Waals surface area (Å²) in [5.74, 6) is -3.52. The van der Waals surface area contributed by atoms with E-state index in [1.165, 1.54) is 12.1 Å². The Labute approximate surface area is 158 Å². The van der Waals surface area contributed by atoms with Crippen molar-refractivity contribution < 1.29 is 36.6 Å². The molecule has 154 valence electrons. The first-order chi connectivity index (χ1) is 12.8. The van der Waals surface area contributed by atoms with E-state index in [0.717, 1.165) is 14.0 Å². The molecule has 28 heavy (non-hydrogen) atoms. The molecule has 1 aliphatic rings. The van der Waals surface area contributed by atoms with E-state index >= 15 is 8.78 Å². The number of alkyl halides is 4. The van der Waals surface area contributed by atoms with Gasteiger partial charge in [-0.05, 0) is 31.1 Å². The van der Waals surface area contributed by atoms with Crippen LogP contribution in [0.3, 0.4) is 0 Å². The van der Waals surface area contributed by atoms with Gasteiger partial charge >= 0.3 is 12.1 Å². The lowest BCUT2D eigenvalue weighted by Gasteiger charge is -2.48. The number of carbonyl (C=O) groups is 1. The van der Waals surface area contributed by atoms with Gasteiger partial charge in [0.2, 0.25) is 0 Å². The van der Waals surface area contributed by atoms with Crippen molar-refractivity contribution in [2.45, 2.75) is 43.8 Å². The highest BCUT2D eigenvalue weighted by molar-refractivity contribution is 5.81. The fourth-order valence-corrected chi connectivity index (χ4v) is 3.64. The van der Waals surface area contributed by atoms with Crippen molar-refractivity contribution in [1.29, 1.82) is 0 Å². The Morgan fingerprint density at radius 2 is 1.89 bits per heavy atom. The molecule has 0 saturated carbocycles. The van der Waals surface area contributed by atoms with Gasteiger partial charge in [-0.1, -0.05) is 24.3 Å². The van der Waals surface area contributed by atoms with Gasteiger partial charge in [-0.2, -0.15) is 13.2 Å². The van der Waals surface area contributed by atoms with Gasteiger partial charge in [-0.3, -0.25) is 4.79 Å². The van der Waals surface area contributed by atoms with Crippen LogP contribution in [0.2, 0.25) is 0 Å². The lowest BCUT2D eigenvalue weighted by Crippen LogP contribution is -2.64. The second-order valence-electron chi connectivity index (χ2n) is 6.75. The zero-order chi connectivity index (χ0) is 21.5. The molecule has 1 aromatic carbocycles. The molecule has 3 N–H and O–H groups in total. The lowest BCUT2D eigenvalue weighted by molar-refractivity contribution is -0.143. The first-order valence-electron chi connectivity index (χ1n) is 8.27. The Hall–Kier alpha value is -2.26. The molecule has 0 amide bonds. The van der Waals surface area contributed by atoms with E-state index < -0.39 is 52.9 Å². The van der Waals surface area contributed by atoms with Crippen LogP contribution < -0.4 is 5.73 Å². The second-order valence-corrected chi connectivity index (χ2v) is 6.75. The standard InChI is InChI=1S/C19H20F5NO3/c1-10-6-4-5-7-11(10)12-8-13(19(22,23)24)16(20)18(28-3,17(12,2)21)14(25)9-15(26)27/h4-8,14H,9,25H2,1-3H3,(H,26,27)/t14-,17?,18?/m0/s1. The van der Waals surface area contributed by atoms with Gasteiger partial charge in [-0.25, -0.2) is 8.78 Å². The molecule has 0 heterocycles. The first-order valence-corrected chi connectivity index (χ1v) is 8.27. The van der Waals surface area contributed by atoms with Crippen LogP contribution in [0.25, 0.3) is 5.57 Å². The predicted octanol–water partition coefficient (Wildman–Crippen LogP) is 4.09. The maximum Gasteiger partial charge on any atom is 0.419 e. The van der Waals surface area contributed by atoms with E-state index in [0.29, 0.717) is 11.6 Å². The second kappa shape index (κ2) is 7.29. The van der Waals surface area contributed by atoms with Crippen molar-refractivity contribution in [3.63, 3.8) is 0 Å². The minimum Gasteiger partial charge on any atom is -0.481 e. The van der Waals surface area contributed by atoms with Gasteiger partial charge < -0.3 is 15.6 Å². The van der Waals surface area contributed by atoms with Gasteiger partial charge in [0.25, 0.3) is 0 Å². The van der Waals surface area contributed by atoms with E-state index in [4.69, 9.17) is 15.6 Å². The number of halogens is 5. The number of aliphatic carboxylic acids is 1. The molecular weight excluding hydrogens is 385 g/mol. The molecule has 0 radical (unpaired) electrons. The number of methoxy groups -OCH3 is 1. The summed E-state index contributed by atoms with van der Waals surface area (Å²) in [7, 11) is 0.800. The Kier molecular flexibility index (Phi) is 5.73. The number of carboxylic acids is 1. The molecule has 3 atom stereocenters. The highest BCUT2D eigenvalue weighted by Gasteiger charge is 2.64. The minimum atomic E-state index is -5.18. The van der Waals surface area contributed by atoms with Crippen LogP contribution in [-0.2, 0) is 9.53 Å². The average Bonchev–Trinajstić information content (AvgIpc) is 2.54. The molecule has 2 unspecified atom stereocenters. The van der Waals surface area contributed by atoms with Crippen molar-refractivity contribution >= 4 is 11.5 Å². The summed E-state index contributed by atoms with van der Waals surface area (Å²) in [4.78, 5) is 11.1. The first kappa shape index (κ1) is 22.0. The molecule has 4 nitrogen and oxygen atoms in total. The number of hydrogen-bond donors (Lipinski definition) is 2. The molecule has 0 fully saturated rings. The fraction of sp³-hybridized carbons (Fsp3) is 0.421. The number of allylic oxidation sites excluding steroid dienone is 2. The third-order valence-electron chi connectivity index (χ3n) is 5.03. The third kappa shape index (κ3) is 3.33. The van der Waals surface area contributed by atoms with Crippen LogP contribution in [-0.4, -0.2) is 41.7 Å². The minimum absolute atomic E-state index is 0.103. The lowest BCUT2D eigenvalue weighted by atomic mass is 9.67. The Morgan fingerprint density at radius 3 is 2.36 bits per heavy atom. The average molecular weight is 405 g/mol.